The van der Waals surface area contributed by atoms with Crippen LogP contribution >= 0.6 is 0 Å². The fraction of sp³-hybridized carbons (Fsp3) is 0.154. The Morgan fingerprint density at radius 3 is 2.00 bits per heavy atom. The van der Waals surface area contributed by atoms with Gasteiger partial charge in [-0.25, -0.2) is 0 Å². The summed E-state index contributed by atoms with van der Waals surface area (Å²) in [7, 11) is 6.47. The number of fused-ring (bicyclic) bond motifs is 1. The molecule has 3 aromatic carbocycles. The Bertz CT molecular complexity index is 1190. The molecule has 0 N–H and O–H groups in total. The Balaban J connectivity index is 1.86. The van der Waals surface area contributed by atoms with Crippen molar-refractivity contribution >= 4 is 23.1 Å². The second kappa shape index (κ2) is 8.88. The van der Waals surface area contributed by atoms with Gasteiger partial charge in [-0.3, -0.25) is 0 Å². The predicted molar refractivity (Wildman–Crippen MR) is 123 cm³/mol. The fourth-order valence-corrected chi connectivity index (χ4v) is 3.59. The Hall–Kier alpha value is -3.86. The zero-order chi connectivity index (χ0) is 21.8. The first-order chi connectivity index (χ1) is 15.2. The number of para-hydroxylation sites is 1. The van der Waals surface area contributed by atoms with Crippen molar-refractivity contribution in [3.8, 4) is 34.1 Å². The molecular formula is C26H24O5. The van der Waals surface area contributed by atoms with E-state index in [9.17, 15) is 0 Å². The van der Waals surface area contributed by atoms with Gasteiger partial charge in [0, 0.05) is 10.9 Å². The molecule has 0 unspecified atom stereocenters. The highest BCUT2D eigenvalue weighted by molar-refractivity contribution is 6.00. The molecule has 31 heavy (non-hydrogen) atoms. The summed E-state index contributed by atoms with van der Waals surface area (Å²) in [5.74, 6) is 3.29. The number of hydrogen-bond acceptors (Lipinski definition) is 5. The summed E-state index contributed by atoms with van der Waals surface area (Å²) in [5, 5.41) is 1.01. The van der Waals surface area contributed by atoms with Gasteiger partial charge in [0.2, 0.25) is 5.75 Å². The molecule has 4 aromatic rings. The second-order valence-corrected chi connectivity index (χ2v) is 6.86. The second-order valence-electron chi connectivity index (χ2n) is 6.86. The van der Waals surface area contributed by atoms with Crippen LogP contribution in [0.15, 0.2) is 65.1 Å². The average molecular weight is 416 g/mol. The molecule has 4 rings (SSSR count). The van der Waals surface area contributed by atoms with Gasteiger partial charge < -0.3 is 23.4 Å². The van der Waals surface area contributed by atoms with Crippen molar-refractivity contribution in [2.45, 2.75) is 0 Å². The van der Waals surface area contributed by atoms with E-state index in [2.05, 4.69) is 0 Å². The zero-order valence-electron chi connectivity index (χ0n) is 18.0. The molecule has 158 valence electrons. The summed E-state index contributed by atoms with van der Waals surface area (Å²) in [5.41, 5.74) is 3.71. The van der Waals surface area contributed by atoms with E-state index >= 15 is 0 Å². The van der Waals surface area contributed by atoms with Crippen LogP contribution in [0.2, 0.25) is 0 Å². The number of hydrogen-bond donors (Lipinski definition) is 0. The van der Waals surface area contributed by atoms with Crippen LogP contribution in [0.4, 0.5) is 0 Å². The monoisotopic (exact) mass is 416 g/mol. The van der Waals surface area contributed by atoms with Gasteiger partial charge in [0.05, 0.1) is 28.4 Å². The molecule has 1 aromatic heterocycles. The van der Waals surface area contributed by atoms with Crippen LogP contribution in [0.3, 0.4) is 0 Å². The minimum atomic E-state index is 0.553. The maximum absolute atomic E-state index is 6.20. The predicted octanol–water partition coefficient (Wildman–Crippen LogP) is 6.30. The van der Waals surface area contributed by atoms with Crippen LogP contribution in [0, 0.1) is 0 Å². The fourth-order valence-electron chi connectivity index (χ4n) is 3.59. The molecule has 0 aliphatic carbocycles. The van der Waals surface area contributed by atoms with Crippen LogP contribution in [0.1, 0.15) is 11.3 Å². The van der Waals surface area contributed by atoms with Crippen LogP contribution < -0.4 is 18.9 Å². The molecule has 0 saturated carbocycles. The Labute approximate surface area is 181 Å². The number of rotatable bonds is 7. The minimum absolute atomic E-state index is 0.553. The molecular weight excluding hydrogens is 392 g/mol. The molecule has 0 aliphatic rings. The molecule has 1 heterocycles. The van der Waals surface area contributed by atoms with Crippen molar-refractivity contribution in [1.29, 1.82) is 0 Å². The molecule has 0 bridgehead atoms. The maximum Gasteiger partial charge on any atom is 0.203 e. The lowest BCUT2D eigenvalue weighted by Gasteiger charge is -2.14. The molecule has 0 fully saturated rings. The van der Waals surface area contributed by atoms with E-state index < -0.39 is 0 Å². The molecule has 5 nitrogen and oxygen atoms in total. The quantitative estimate of drug-likeness (QED) is 0.354. The van der Waals surface area contributed by atoms with E-state index in [-0.39, 0.29) is 0 Å². The van der Waals surface area contributed by atoms with Gasteiger partial charge in [-0.1, -0.05) is 36.4 Å². The minimum Gasteiger partial charge on any atom is -0.497 e. The lowest BCUT2D eigenvalue weighted by molar-refractivity contribution is 0.324. The lowest BCUT2D eigenvalue weighted by Crippen LogP contribution is -1.95. The Morgan fingerprint density at radius 2 is 1.39 bits per heavy atom. The molecule has 0 aliphatic heterocycles. The smallest absolute Gasteiger partial charge is 0.203 e. The highest BCUT2D eigenvalue weighted by Gasteiger charge is 2.19. The van der Waals surface area contributed by atoms with Crippen LogP contribution in [-0.4, -0.2) is 28.4 Å². The third-order valence-corrected chi connectivity index (χ3v) is 5.12. The van der Waals surface area contributed by atoms with Crippen LogP contribution in [-0.2, 0) is 0 Å². The van der Waals surface area contributed by atoms with Gasteiger partial charge in [0.25, 0.3) is 0 Å². The number of methoxy groups -OCH3 is 4. The van der Waals surface area contributed by atoms with Crippen molar-refractivity contribution in [3.63, 3.8) is 0 Å². The van der Waals surface area contributed by atoms with E-state index in [0.29, 0.717) is 17.2 Å². The molecule has 0 amide bonds. The summed E-state index contributed by atoms with van der Waals surface area (Å²) in [6.45, 7) is 0. The van der Waals surface area contributed by atoms with Gasteiger partial charge in [-0.15, -0.1) is 0 Å². The first-order valence-corrected chi connectivity index (χ1v) is 9.82. The van der Waals surface area contributed by atoms with E-state index in [4.69, 9.17) is 23.4 Å². The highest BCUT2D eigenvalue weighted by atomic mass is 16.5. The van der Waals surface area contributed by atoms with Crippen LogP contribution in [0.5, 0.6) is 23.0 Å². The first kappa shape index (κ1) is 20.4. The number of furan rings is 1. The van der Waals surface area contributed by atoms with E-state index in [1.54, 1.807) is 28.4 Å². The van der Waals surface area contributed by atoms with Gasteiger partial charge in [0.15, 0.2) is 11.5 Å². The topological polar surface area (TPSA) is 50.1 Å². The Kier molecular flexibility index (Phi) is 5.85. The lowest BCUT2D eigenvalue weighted by atomic mass is 10.00. The SMILES string of the molecule is COc1ccc(/C=C/c2oc3ccccc3c2-c2cc(OC)c(OC)c(OC)c2)cc1. The summed E-state index contributed by atoms with van der Waals surface area (Å²) >= 11 is 0. The summed E-state index contributed by atoms with van der Waals surface area (Å²) in [6.07, 6.45) is 3.99. The standard InChI is InChI=1S/C26H24O5/c1-27-19-12-9-17(10-13-19)11-14-22-25(20-7-5-6-8-21(20)31-22)18-15-23(28-2)26(30-4)24(16-18)29-3/h5-16H,1-4H3/b14-11+. The third kappa shape index (κ3) is 3.94. The maximum atomic E-state index is 6.20. The molecule has 5 heteroatoms. The van der Waals surface area contributed by atoms with Crippen molar-refractivity contribution in [2.75, 3.05) is 28.4 Å². The summed E-state index contributed by atoms with van der Waals surface area (Å²) < 4.78 is 28.0. The normalized spacial score (nSPS) is 11.1. The highest BCUT2D eigenvalue weighted by Crippen LogP contribution is 2.44. The zero-order valence-corrected chi connectivity index (χ0v) is 18.0. The van der Waals surface area contributed by atoms with Gasteiger partial charge >= 0.3 is 0 Å². The van der Waals surface area contributed by atoms with E-state index in [1.807, 2.05) is 72.8 Å². The summed E-state index contributed by atoms with van der Waals surface area (Å²) in [6, 6.07) is 19.7. The van der Waals surface area contributed by atoms with E-state index in [0.717, 1.165) is 39.2 Å². The van der Waals surface area contributed by atoms with Gasteiger partial charge in [-0.05, 0) is 47.5 Å². The van der Waals surface area contributed by atoms with E-state index in [1.165, 1.54) is 0 Å². The molecule has 0 radical (unpaired) electrons. The first-order valence-electron chi connectivity index (χ1n) is 9.82. The average Bonchev–Trinajstić information content (AvgIpc) is 3.20. The molecule has 0 atom stereocenters. The van der Waals surface area contributed by atoms with Gasteiger partial charge in [0.1, 0.15) is 17.1 Å². The summed E-state index contributed by atoms with van der Waals surface area (Å²) in [4.78, 5) is 0. The number of benzene rings is 3. The molecule has 0 saturated heterocycles. The largest absolute Gasteiger partial charge is 0.497 e. The molecule has 0 spiro atoms. The van der Waals surface area contributed by atoms with Crippen molar-refractivity contribution in [3.05, 3.63) is 72.0 Å². The van der Waals surface area contributed by atoms with Crippen molar-refractivity contribution in [2.24, 2.45) is 0 Å². The van der Waals surface area contributed by atoms with Crippen molar-refractivity contribution < 1.29 is 23.4 Å². The number of ether oxygens (including phenoxy) is 4. The van der Waals surface area contributed by atoms with Crippen LogP contribution in [0.25, 0.3) is 34.2 Å². The third-order valence-electron chi connectivity index (χ3n) is 5.12. The van der Waals surface area contributed by atoms with Gasteiger partial charge in [-0.2, -0.15) is 0 Å². The van der Waals surface area contributed by atoms with Crippen molar-refractivity contribution in [1.82, 2.24) is 0 Å². The Morgan fingerprint density at radius 1 is 0.710 bits per heavy atom.